The fourth-order valence-corrected chi connectivity index (χ4v) is 1.41. The van der Waals surface area contributed by atoms with Crippen LogP contribution in [0.15, 0.2) is 5.16 Å². The Morgan fingerprint density at radius 1 is 1.60 bits per heavy atom. The minimum Gasteiger partial charge on any atom is -0.466 e. The van der Waals surface area contributed by atoms with Gasteiger partial charge in [-0.1, -0.05) is 12.1 Å². The number of hydrogen-bond acceptors (Lipinski definition) is 4. The van der Waals surface area contributed by atoms with E-state index in [-0.39, 0.29) is 11.6 Å². The van der Waals surface area contributed by atoms with Crippen molar-refractivity contribution in [3.63, 3.8) is 0 Å². The van der Waals surface area contributed by atoms with Crippen LogP contribution in [0, 0.1) is 0 Å². The van der Waals surface area contributed by atoms with Crippen LogP contribution in [-0.4, -0.2) is 23.9 Å². The lowest BCUT2D eigenvalue weighted by molar-refractivity contribution is -0.143. The Labute approximate surface area is 90.6 Å². The molecule has 0 spiro atoms. The van der Waals surface area contributed by atoms with Gasteiger partial charge in [0.1, 0.15) is 5.60 Å². The van der Waals surface area contributed by atoms with Crippen molar-refractivity contribution < 1.29 is 14.4 Å². The molecule has 86 valence electrons. The Morgan fingerprint density at radius 3 is 2.87 bits per heavy atom. The van der Waals surface area contributed by atoms with Crippen molar-refractivity contribution in [2.24, 2.45) is 5.16 Å². The molecule has 1 aliphatic rings. The summed E-state index contributed by atoms with van der Waals surface area (Å²) in [7, 11) is 0. The van der Waals surface area contributed by atoms with Crippen molar-refractivity contribution in [3.8, 4) is 0 Å². The molecular weight excluding hydrogens is 194 g/mol. The predicted octanol–water partition coefficient (Wildman–Crippen LogP) is 2.27. The van der Waals surface area contributed by atoms with Crippen molar-refractivity contribution in [2.75, 3.05) is 6.61 Å². The lowest BCUT2D eigenvalue weighted by atomic mass is 10.00. The number of rotatable bonds is 5. The van der Waals surface area contributed by atoms with Gasteiger partial charge in [0.25, 0.3) is 0 Å². The molecular formula is C11H19NO3. The fourth-order valence-electron chi connectivity index (χ4n) is 1.41. The molecule has 4 nitrogen and oxygen atoms in total. The number of nitrogens with zero attached hydrogens (tertiary/aromatic N) is 1. The average molecular weight is 213 g/mol. The third kappa shape index (κ3) is 4.32. The molecule has 0 amide bonds. The van der Waals surface area contributed by atoms with Gasteiger partial charge in [0.05, 0.1) is 18.7 Å². The lowest BCUT2D eigenvalue weighted by Crippen LogP contribution is -2.19. The Hall–Kier alpha value is -1.06. The first-order valence-electron chi connectivity index (χ1n) is 5.43. The van der Waals surface area contributed by atoms with Gasteiger partial charge in [0.2, 0.25) is 0 Å². The summed E-state index contributed by atoms with van der Waals surface area (Å²) in [5.74, 6) is -0.149. The second-order valence-electron chi connectivity index (χ2n) is 4.41. The zero-order valence-electron chi connectivity index (χ0n) is 9.71. The topological polar surface area (TPSA) is 47.9 Å². The van der Waals surface area contributed by atoms with Crippen LogP contribution in [0.4, 0.5) is 0 Å². The van der Waals surface area contributed by atoms with Gasteiger partial charge in [0.15, 0.2) is 0 Å². The van der Waals surface area contributed by atoms with Gasteiger partial charge in [0, 0.05) is 6.42 Å². The van der Waals surface area contributed by atoms with Gasteiger partial charge in [-0.25, -0.2) is 0 Å². The van der Waals surface area contributed by atoms with Crippen molar-refractivity contribution >= 4 is 11.7 Å². The Kier molecular flexibility index (Phi) is 4.12. The van der Waals surface area contributed by atoms with Crippen molar-refractivity contribution in [1.82, 2.24) is 0 Å². The second-order valence-corrected chi connectivity index (χ2v) is 4.41. The third-order valence-electron chi connectivity index (χ3n) is 2.14. The predicted molar refractivity (Wildman–Crippen MR) is 57.7 cm³/mol. The van der Waals surface area contributed by atoms with Gasteiger partial charge in [-0.3, -0.25) is 4.79 Å². The van der Waals surface area contributed by atoms with E-state index >= 15 is 0 Å². The molecule has 0 unspecified atom stereocenters. The number of esters is 1. The molecule has 1 aliphatic heterocycles. The van der Waals surface area contributed by atoms with Crippen LogP contribution in [0.1, 0.15) is 46.5 Å². The van der Waals surface area contributed by atoms with Crippen LogP contribution >= 0.6 is 0 Å². The van der Waals surface area contributed by atoms with E-state index in [1.807, 2.05) is 20.8 Å². The molecule has 4 heteroatoms. The largest absolute Gasteiger partial charge is 0.466 e. The van der Waals surface area contributed by atoms with Gasteiger partial charge < -0.3 is 9.57 Å². The monoisotopic (exact) mass is 213 g/mol. The Bertz CT molecular complexity index is 259. The minimum atomic E-state index is -0.206. The maximum atomic E-state index is 11.2. The van der Waals surface area contributed by atoms with Crippen LogP contribution in [0.3, 0.4) is 0 Å². The summed E-state index contributed by atoms with van der Waals surface area (Å²) in [6.45, 7) is 6.45. The van der Waals surface area contributed by atoms with E-state index in [0.717, 1.165) is 18.6 Å². The van der Waals surface area contributed by atoms with Gasteiger partial charge in [-0.15, -0.1) is 0 Å². The van der Waals surface area contributed by atoms with E-state index in [1.54, 1.807) is 0 Å². The Balaban J connectivity index is 2.18. The summed E-state index contributed by atoms with van der Waals surface area (Å²) in [5.41, 5.74) is 0.747. The number of carbonyl (C=O) groups excluding carboxylic acids is 1. The normalized spacial score (nSPS) is 18.2. The quantitative estimate of drug-likeness (QED) is 0.658. The first-order valence-corrected chi connectivity index (χ1v) is 5.43. The van der Waals surface area contributed by atoms with Crippen molar-refractivity contribution in [1.29, 1.82) is 0 Å². The maximum Gasteiger partial charge on any atom is 0.306 e. The first kappa shape index (κ1) is 12.0. The van der Waals surface area contributed by atoms with E-state index in [2.05, 4.69) is 5.16 Å². The molecule has 0 saturated carbocycles. The third-order valence-corrected chi connectivity index (χ3v) is 2.14. The smallest absolute Gasteiger partial charge is 0.306 e. The van der Waals surface area contributed by atoms with Crippen molar-refractivity contribution in [3.05, 3.63) is 0 Å². The summed E-state index contributed by atoms with van der Waals surface area (Å²) in [4.78, 5) is 16.4. The van der Waals surface area contributed by atoms with E-state index < -0.39 is 0 Å². The summed E-state index contributed by atoms with van der Waals surface area (Å²) in [6, 6.07) is 0. The van der Waals surface area contributed by atoms with Crippen LogP contribution in [0.25, 0.3) is 0 Å². The van der Waals surface area contributed by atoms with E-state index in [1.165, 1.54) is 0 Å². The first-order chi connectivity index (χ1) is 7.03. The number of ether oxygens (including phenoxy) is 1. The second kappa shape index (κ2) is 5.14. The standard InChI is InChI=1S/C11H19NO3/c1-4-7-14-10(13)6-5-9-8-11(2,3)15-12-9/h4-8H2,1-3H3. The molecule has 0 N–H and O–H groups in total. The molecule has 0 aromatic rings. The van der Waals surface area contributed by atoms with Crippen LogP contribution in [0.5, 0.6) is 0 Å². The molecule has 0 radical (unpaired) electrons. The van der Waals surface area contributed by atoms with E-state index in [0.29, 0.717) is 19.4 Å². The Morgan fingerprint density at radius 2 is 2.33 bits per heavy atom. The molecule has 0 aliphatic carbocycles. The van der Waals surface area contributed by atoms with Crippen LogP contribution in [-0.2, 0) is 14.4 Å². The number of oxime groups is 1. The van der Waals surface area contributed by atoms with Crippen molar-refractivity contribution in [2.45, 2.75) is 52.1 Å². The maximum absolute atomic E-state index is 11.2. The molecule has 0 saturated heterocycles. The van der Waals surface area contributed by atoms with Gasteiger partial charge in [-0.2, -0.15) is 0 Å². The molecule has 1 heterocycles. The highest BCUT2D eigenvalue weighted by Crippen LogP contribution is 2.24. The van der Waals surface area contributed by atoms with Crippen LogP contribution in [0.2, 0.25) is 0 Å². The highest BCUT2D eigenvalue weighted by molar-refractivity contribution is 5.88. The molecule has 1 rings (SSSR count). The highest BCUT2D eigenvalue weighted by Gasteiger charge is 2.28. The molecule has 15 heavy (non-hydrogen) atoms. The van der Waals surface area contributed by atoms with Crippen LogP contribution < -0.4 is 0 Å². The molecule has 0 atom stereocenters. The summed E-state index contributed by atoms with van der Waals surface area (Å²) >= 11 is 0. The summed E-state index contributed by atoms with van der Waals surface area (Å²) in [5, 5.41) is 3.95. The zero-order valence-corrected chi connectivity index (χ0v) is 9.71. The summed E-state index contributed by atoms with van der Waals surface area (Å²) < 4.78 is 4.97. The van der Waals surface area contributed by atoms with Gasteiger partial charge in [-0.05, 0) is 26.7 Å². The fraction of sp³-hybridized carbons (Fsp3) is 0.818. The lowest BCUT2D eigenvalue weighted by Gasteiger charge is -2.13. The summed E-state index contributed by atoms with van der Waals surface area (Å²) in [6.07, 6.45) is 2.71. The van der Waals surface area contributed by atoms with Gasteiger partial charge >= 0.3 is 5.97 Å². The van der Waals surface area contributed by atoms with E-state index in [9.17, 15) is 4.79 Å². The molecule has 0 fully saturated rings. The molecule has 0 aromatic heterocycles. The SMILES string of the molecule is CCCOC(=O)CCC1=NOC(C)(C)C1. The highest BCUT2D eigenvalue weighted by atomic mass is 16.7. The molecule has 0 aromatic carbocycles. The average Bonchev–Trinajstić information content (AvgIpc) is 2.52. The van der Waals surface area contributed by atoms with E-state index in [4.69, 9.17) is 9.57 Å². The number of carbonyl (C=O) groups is 1. The minimum absolute atomic E-state index is 0.149. The number of hydrogen-bond donors (Lipinski definition) is 0. The molecule has 0 bridgehead atoms. The zero-order chi connectivity index (χ0) is 11.3.